The molecule has 1 unspecified atom stereocenters. The molecule has 2 aliphatic rings. The van der Waals surface area contributed by atoms with E-state index in [9.17, 15) is 0 Å². The van der Waals surface area contributed by atoms with Crippen molar-refractivity contribution in [1.82, 2.24) is 10.3 Å². The minimum atomic E-state index is -0.141. The van der Waals surface area contributed by atoms with Gasteiger partial charge in [-0.25, -0.2) is 9.98 Å². The number of allylic oxidation sites excluding steroid dienone is 2. The molecule has 0 bridgehead atoms. The first kappa shape index (κ1) is 19.2. The molecule has 1 aromatic heterocycles. The zero-order valence-corrected chi connectivity index (χ0v) is 17.5. The third kappa shape index (κ3) is 4.24. The van der Waals surface area contributed by atoms with Crippen molar-refractivity contribution >= 4 is 11.7 Å². The van der Waals surface area contributed by atoms with E-state index in [2.05, 4.69) is 64.9 Å². The summed E-state index contributed by atoms with van der Waals surface area (Å²) in [5.41, 5.74) is 6.31. The fraction of sp³-hybridized carbons (Fsp3) is 0.148. The van der Waals surface area contributed by atoms with Gasteiger partial charge in [0.2, 0.25) is 0 Å². The quantitative estimate of drug-likeness (QED) is 0.628. The monoisotopic (exact) mass is 404 g/mol. The lowest BCUT2D eigenvalue weighted by Gasteiger charge is -2.25. The van der Waals surface area contributed by atoms with Gasteiger partial charge in [-0.15, -0.1) is 0 Å². The van der Waals surface area contributed by atoms with Crippen molar-refractivity contribution < 1.29 is 0 Å². The molecule has 31 heavy (non-hydrogen) atoms. The molecule has 0 amide bonds. The lowest BCUT2D eigenvalue weighted by molar-refractivity contribution is 0.721. The van der Waals surface area contributed by atoms with E-state index in [0.29, 0.717) is 0 Å². The zero-order valence-electron chi connectivity index (χ0n) is 17.5. The van der Waals surface area contributed by atoms with Crippen LogP contribution in [0.25, 0.3) is 11.3 Å². The van der Waals surface area contributed by atoms with Crippen LogP contribution in [0.15, 0.2) is 107 Å². The highest BCUT2D eigenvalue weighted by atomic mass is 15.2. The number of aromatic nitrogens is 1. The lowest BCUT2D eigenvalue weighted by Crippen LogP contribution is -2.40. The number of aliphatic imine (C=N–C) groups is 2. The molecule has 3 aromatic rings. The van der Waals surface area contributed by atoms with Gasteiger partial charge in [0, 0.05) is 22.4 Å². The number of benzene rings is 2. The first-order chi connectivity index (χ1) is 15.3. The summed E-state index contributed by atoms with van der Waals surface area (Å²) in [4.78, 5) is 14.5. The number of nitrogens with zero attached hydrogens (tertiary/aromatic N) is 3. The molecule has 2 aromatic carbocycles. The molecule has 1 N–H and O–H groups in total. The van der Waals surface area contributed by atoms with Gasteiger partial charge in [0.1, 0.15) is 12.0 Å². The van der Waals surface area contributed by atoms with Crippen molar-refractivity contribution in [3.05, 3.63) is 113 Å². The molecule has 0 saturated heterocycles. The Bertz CT molecular complexity index is 1200. The second-order valence-corrected chi connectivity index (χ2v) is 7.75. The predicted molar refractivity (Wildman–Crippen MR) is 127 cm³/mol. The van der Waals surface area contributed by atoms with E-state index >= 15 is 0 Å². The van der Waals surface area contributed by atoms with E-state index in [0.717, 1.165) is 52.6 Å². The number of amidine groups is 2. The molecule has 5 rings (SSSR count). The highest BCUT2D eigenvalue weighted by Crippen LogP contribution is 2.22. The van der Waals surface area contributed by atoms with Crippen LogP contribution in [-0.2, 0) is 0 Å². The number of pyridine rings is 1. The Balaban J connectivity index is 1.51. The van der Waals surface area contributed by atoms with Gasteiger partial charge in [0.05, 0.1) is 5.69 Å². The van der Waals surface area contributed by atoms with Gasteiger partial charge in [-0.3, -0.25) is 4.98 Å². The Morgan fingerprint density at radius 2 is 1.61 bits per heavy atom. The van der Waals surface area contributed by atoms with Crippen LogP contribution in [0.3, 0.4) is 0 Å². The molecule has 152 valence electrons. The average molecular weight is 405 g/mol. The van der Waals surface area contributed by atoms with E-state index < -0.39 is 0 Å². The third-order valence-corrected chi connectivity index (χ3v) is 5.46. The van der Waals surface area contributed by atoms with Crippen molar-refractivity contribution in [2.75, 3.05) is 0 Å². The largest absolute Gasteiger partial charge is 0.344 e. The van der Waals surface area contributed by atoms with E-state index in [4.69, 9.17) is 9.98 Å². The number of hydrogen-bond acceptors (Lipinski definition) is 4. The lowest BCUT2D eigenvalue weighted by atomic mass is 10.0. The van der Waals surface area contributed by atoms with Crippen molar-refractivity contribution in [2.24, 2.45) is 9.98 Å². The Labute approximate surface area is 182 Å². The van der Waals surface area contributed by atoms with Crippen LogP contribution in [0.5, 0.6) is 0 Å². The summed E-state index contributed by atoms with van der Waals surface area (Å²) in [6, 6.07) is 24.7. The van der Waals surface area contributed by atoms with Gasteiger partial charge in [0.15, 0.2) is 5.84 Å². The molecule has 1 aliphatic heterocycles. The molecule has 0 spiro atoms. The highest BCUT2D eigenvalue weighted by molar-refractivity contribution is 6.13. The van der Waals surface area contributed by atoms with Gasteiger partial charge in [-0.1, -0.05) is 78.9 Å². The zero-order chi connectivity index (χ0) is 21.0. The minimum absolute atomic E-state index is 0.141. The maximum absolute atomic E-state index is 4.95. The molecular weight excluding hydrogens is 380 g/mol. The van der Waals surface area contributed by atoms with E-state index in [1.807, 2.05) is 43.3 Å². The molecule has 0 fully saturated rings. The smallest absolute Gasteiger partial charge is 0.159 e. The Morgan fingerprint density at radius 1 is 0.806 bits per heavy atom. The summed E-state index contributed by atoms with van der Waals surface area (Å²) in [5, 5.41) is 3.52. The summed E-state index contributed by atoms with van der Waals surface area (Å²) in [6.45, 7) is 2.01. The molecule has 4 nitrogen and oxygen atoms in total. The maximum atomic E-state index is 4.95. The fourth-order valence-corrected chi connectivity index (χ4v) is 3.82. The maximum Gasteiger partial charge on any atom is 0.159 e. The van der Waals surface area contributed by atoms with Gasteiger partial charge >= 0.3 is 0 Å². The van der Waals surface area contributed by atoms with Gasteiger partial charge in [-0.05, 0) is 37.5 Å². The predicted octanol–water partition coefficient (Wildman–Crippen LogP) is 5.46. The Morgan fingerprint density at radius 3 is 2.35 bits per heavy atom. The molecule has 4 heteroatoms. The van der Waals surface area contributed by atoms with Crippen LogP contribution in [-0.4, -0.2) is 22.8 Å². The normalized spacial score (nSPS) is 18.0. The summed E-state index contributed by atoms with van der Waals surface area (Å²) in [7, 11) is 0. The number of aryl methyl sites for hydroxylation is 1. The van der Waals surface area contributed by atoms with Gasteiger partial charge in [-0.2, -0.15) is 0 Å². The van der Waals surface area contributed by atoms with E-state index in [-0.39, 0.29) is 6.17 Å². The van der Waals surface area contributed by atoms with Crippen molar-refractivity contribution in [2.45, 2.75) is 25.9 Å². The summed E-state index contributed by atoms with van der Waals surface area (Å²) in [5.74, 6) is 1.59. The SMILES string of the molecule is Cc1cccc(-c2ccc(C3=NC(C4=CCCC=C4)NC(c4ccccc4)=N3)cc2)n1. The second-order valence-electron chi connectivity index (χ2n) is 7.75. The average Bonchev–Trinajstić information content (AvgIpc) is 2.85. The van der Waals surface area contributed by atoms with Crippen LogP contribution in [0.2, 0.25) is 0 Å². The highest BCUT2D eigenvalue weighted by Gasteiger charge is 2.22. The van der Waals surface area contributed by atoms with Crippen LogP contribution in [0, 0.1) is 6.92 Å². The molecule has 0 radical (unpaired) electrons. The standard InChI is InChI=1S/C27H24N4/c1-19-9-8-14-24(28-19)20-15-17-23(18-16-20)27-30-25(21-10-4-2-5-11-21)29-26(31-27)22-12-6-3-7-13-22/h2,4-6,8-18,26H,3,7H2,1H3,(H,29,30,31). The van der Waals surface area contributed by atoms with Crippen LogP contribution in [0.1, 0.15) is 29.7 Å². The molecule has 1 atom stereocenters. The number of rotatable bonds is 4. The first-order valence-corrected chi connectivity index (χ1v) is 10.7. The van der Waals surface area contributed by atoms with Crippen LogP contribution < -0.4 is 5.32 Å². The van der Waals surface area contributed by atoms with Crippen LogP contribution >= 0.6 is 0 Å². The summed E-state index contributed by atoms with van der Waals surface area (Å²) < 4.78 is 0. The number of nitrogens with one attached hydrogen (secondary N) is 1. The van der Waals surface area contributed by atoms with Crippen molar-refractivity contribution in [1.29, 1.82) is 0 Å². The van der Waals surface area contributed by atoms with Gasteiger partial charge in [0.25, 0.3) is 0 Å². The molecular formula is C27H24N4. The third-order valence-electron chi connectivity index (χ3n) is 5.46. The van der Waals surface area contributed by atoms with Crippen LogP contribution in [0.4, 0.5) is 0 Å². The number of hydrogen-bond donors (Lipinski definition) is 1. The first-order valence-electron chi connectivity index (χ1n) is 10.7. The Hall–Kier alpha value is -3.79. The Kier molecular flexibility index (Phi) is 5.28. The van der Waals surface area contributed by atoms with E-state index in [1.54, 1.807) is 0 Å². The summed E-state index contributed by atoms with van der Waals surface area (Å²) in [6.07, 6.45) is 8.63. The van der Waals surface area contributed by atoms with Gasteiger partial charge < -0.3 is 5.32 Å². The second kappa shape index (κ2) is 8.52. The van der Waals surface area contributed by atoms with E-state index in [1.165, 1.54) is 5.57 Å². The fourth-order valence-electron chi connectivity index (χ4n) is 3.82. The topological polar surface area (TPSA) is 49.6 Å². The molecule has 1 aliphatic carbocycles. The summed E-state index contributed by atoms with van der Waals surface area (Å²) >= 11 is 0. The van der Waals surface area contributed by atoms with Crippen molar-refractivity contribution in [3.63, 3.8) is 0 Å². The molecule has 0 saturated carbocycles. The molecule has 2 heterocycles. The van der Waals surface area contributed by atoms with Crippen molar-refractivity contribution in [3.8, 4) is 11.3 Å². The minimum Gasteiger partial charge on any atom is -0.344 e.